The predicted octanol–water partition coefficient (Wildman–Crippen LogP) is 1.99. The molecule has 1 aliphatic rings. The van der Waals surface area contributed by atoms with E-state index < -0.39 is 0 Å². The van der Waals surface area contributed by atoms with Crippen LogP contribution in [0, 0.1) is 6.92 Å². The molecule has 0 aliphatic carbocycles. The lowest BCUT2D eigenvalue weighted by Gasteiger charge is -2.21. The van der Waals surface area contributed by atoms with E-state index >= 15 is 0 Å². The van der Waals surface area contributed by atoms with Crippen LogP contribution in [0.4, 0.5) is 4.79 Å². The summed E-state index contributed by atoms with van der Waals surface area (Å²) in [7, 11) is 0. The first-order valence-electron chi connectivity index (χ1n) is 6.01. The Balaban J connectivity index is 1.89. The number of imidazole rings is 1. The maximum Gasteiger partial charge on any atom is 0.350 e. The van der Waals surface area contributed by atoms with Crippen LogP contribution in [0.5, 0.6) is 0 Å². The molecule has 1 amide bonds. The summed E-state index contributed by atoms with van der Waals surface area (Å²) in [5.74, 6) is 0. The fraction of sp³-hybridized carbons (Fsp3) is 0.231. The molecule has 1 aliphatic heterocycles. The molecule has 1 unspecified atom stereocenters. The number of hydrogen-bond donors (Lipinski definition) is 0. The number of rotatable bonds is 1. The first-order chi connectivity index (χ1) is 9.25. The van der Waals surface area contributed by atoms with Crippen LogP contribution >= 0.6 is 0 Å². The first-order valence-corrected chi connectivity index (χ1v) is 6.01. The van der Waals surface area contributed by atoms with E-state index in [9.17, 15) is 4.79 Å². The molecule has 2 aromatic heterocycles. The van der Waals surface area contributed by atoms with Gasteiger partial charge in [0.1, 0.15) is 6.33 Å². The Morgan fingerprint density at radius 2 is 2.26 bits per heavy atom. The summed E-state index contributed by atoms with van der Waals surface area (Å²) in [6.45, 7) is 1.98. The topological polar surface area (TPSA) is 63.4 Å². The van der Waals surface area contributed by atoms with E-state index in [-0.39, 0.29) is 12.1 Å². The third-order valence-electron chi connectivity index (χ3n) is 3.03. The van der Waals surface area contributed by atoms with Gasteiger partial charge in [0, 0.05) is 37.4 Å². The minimum absolute atomic E-state index is 0.0951. The Bertz CT molecular complexity index is 620. The molecular formula is C13H13N5O. The number of carbonyl (C=O) groups is 1. The Kier molecular flexibility index (Phi) is 2.83. The van der Waals surface area contributed by atoms with E-state index in [2.05, 4.69) is 15.1 Å². The van der Waals surface area contributed by atoms with Crippen molar-refractivity contribution in [2.24, 2.45) is 5.10 Å². The van der Waals surface area contributed by atoms with Crippen molar-refractivity contribution in [1.29, 1.82) is 0 Å². The highest BCUT2D eigenvalue weighted by atomic mass is 16.2. The maximum absolute atomic E-state index is 12.3. The number of aryl methyl sites for hydroxylation is 1. The molecule has 3 rings (SSSR count). The lowest BCUT2D eigenvalue weighted by atomic mass is 10.1. The molecule has 19 heavy (non-hydrogen) atoms. The zero-order chi connectivity index (χ0) is 13.2. The SMILES string of the molecule is Cc1cncc(C2CC=NN2C(=O)n2ccnc2)c1. The quantitative estimate of drug-likeness (QED) is 0.782. The van der Waals surface area contributed by atoms with Crippen LogP contribution in [0.2, 0.25) is 0 Å². The highest BCUT2D eigenvalue weighted by Crippen LogP contribution is 2.28. The molecule has 0 spiro atoms. The Hall–Kier alpha value is -2.50. The lowest BCUT2D eigenvalue weighted by molar-refractivity contribution is 0.187. The first kappa shape index (κ1) is 11.6. The largest absolute Gasteiger partial charge is 0.350 e. The van der Waals surface area contributed by atoms with Gasteiger partial charge in [0.15, 0.2) is 0 Å². The van der Waals surface area contributed by atoms with Crippen molar-refractivity contribution in [3.63, 3.8) is 0 Å². The molecule has 1 atom stereocenters. The number of aromatic nitrogens is 3. The van der Waals surface area contributed by atoms with Crippen LogP contribution in [-0.4, -0.2) is 31.8 Å². The van der Waals surface area contributed by atoms with Gasteiger partial charge in [-0.1, -0.05) is 6.07 Å². The zero-order valence-corrected chi connectivity index (χ0v) is 10.5. The van der Waals surface area contributed by atoms with E-state index in [0.717, 1.165) is 11.1 Å². The second kappa shape index (κ2) is 4.64. The second-order valence-corrected chi connectivity index (χ2v) is 4.44. The van der Waals surface area contributed by atoms with Gasteiger partial charge in [-0.2, -0.15) is 5.10 Å². The van der Waals surface area contributed by atoms with Gasteiger partial charge in [-0.3, -0.25) is 9.55 Å². The van der Waals surface area contributed by atoms with E-state index in [1.165, 1.54) is 15.9 Å². The summed E-state index contributed by atoms with van der Waals surface area (Å²) < 4.78 is 1.42. The van der Waals surface area contributed by atoms with Crippen molar-refractivity contribution < 1.29 is 4.79 Å². The molecule has 3 heterocycles. The minimum atomic E-state index is -0.210. The van der Waals surface area contributed by atoms with Crippen molar-refractivity contribution in [3.8, 4) is 0 Å². The van der Waals surface area contributed by atoms with Crippen LogP contribution in [0.25, 0.3) is 0 Å². The van der Waals surface area contributed by atoms with Gasteiger partial charge in [0.05, 0.1) is 6.04 Å². The van der Waals surface area contributed by atoms with Gasteiger partial charge in [0.25, 0.3) is 0 Å². The number of pyridine rings is 1. The molecule has 0 bridgehead atoms. The lowest BCUT2D eigenvalue weighted by Crippen LogP contribution is -2.30. The molecule has 0 radical (unpaired) electrons. The van der Waals surface area contributed by atoms with E-state index in [1.54, 1.807) is 31.0 Å². The molecule has 0 fully saturated rings. The summed E-state index contributed by atoms with van der Waals surface area (Å²) >= 11 is 0. The molecule has 0 saturated heterocycles. The number of hydrogen-bond acceptors (Lipinski definition) is 4. The third-order valence-corrected chi connectivity index (χ3v) is 3.03. The Morgan fingerprint density at radius 3 is 3.00 bits per heavy atom. The van der Waals surface area contributed by atoms with Crippen LogP contribution in [-0.2, 0) is 0 Å². The highest BCUT2D eigenvalue weighted by molar-refractivity contribution is 5.80. The Morgan fingerprint density at radius 1 is 1.37 bits per heavy atom. The van der Waals surface area contributed by atoms with Crippen LogP contribution in [0.1, 0.15) is 23.6 Å². The fourth-order valence-corrected chi connectivity index (χ4v) is 2.13. The van der Waals surface area contributed by atoms with Gasteiger partial charge in [-0.05, 0) is 18.1 Å². The summed E-state index contributed by atoms with van der Waals surface area (Å²) in [6, 6.07) is 1.72. The van der Waals surface area contributed by atoms with E-state index in [4.69, 9.17) is 0 Å². The number of amides is 1. The van der Waals surface area contributed by atoms with Gasteiger partial charge >= 0.3 is 6.03 Å². The molecular weight excluding hydrogens is 242 g/mol. The summed E-state index contributed by atoms with van der Waals surface area (Å²) in [4.78, 5) is 20.3. The summed E-state index contributed by atoms with van der Waals surface area (Å²) in [6.07, 6.45) is 10.7. The maximum atomic E-state index is 12.3. The van der Waals surface area contributed by atoms with Gasteiger partial charge in [0.2, 0.25) is 0 Å². The van der Waals surface area contributed by atoms with E-state index in [0.29, 0.717) is 6.42 Å². The molecule has 96 valence electrons. The molecule has 6 nitrogen and oxygen atoms in total. The molecule has 6 heteroatoms. The number of carbonyl (C=O) groups excluding carboxylic acids is 1. The average molecular weight is 255 g/mol. The van der Waals surface area contributed by atoms with Crippen molar-refractivity contribution in [2.45, 2.75) is 19.4 Å². The predicted molar refractivity (Wildman–Crippen MR) is 69.7 cm³/mol. The summed E-state index contributed by atoms with van der Waals surface area (Å²) in [5.41, 5.74) is 2.06. The molecule has 0 N–H and O–H groups in total. The normalized spacial score (nSPS) is 17.9. The summed E-state index contributed by atoms with van der Waals surface area (Å²) in [5, 5.41) is 5.63. The van der Waals surface area contributed by atoms with Crippen LogP contribution in [0.15, 0.2) is 42.3 Å². The van der Waals surface area contributed by atoms with Crippen molar-refractivity contribution in [3.05, 3.63) is 48.3 Å². The highest BCUT2D eigenvalue weighted by Gasteiger charge is 2.29. The van der Waals surface area contributed by atoms with Crippen molar-refractivity contribution >= 4 is 12.2 Å². The van der Waals surface area contributed by atoms with E-state index in [1.807, 2.05) is 13.0 Å². The van der Waals surface area contributed by atoms with Crippen molar-refractivity contribution in [2.75, 3.05) is 0 Å². The molecule has 2 aromatic rings. The van der Waals surface area contributed by atoms with Crippen molar-refractivity contribution in [1.82, 2.24) is 19.5 Å². The zero-order valence-electron chi connectivity index (χ0n) is 10.5. The fourth-order valence-electron chi connectivity index (χ4n) is 2.13. The smallest absolute Gasteiger partial charge is 0.264 e. The average Bonchev–Trinajstić information content (AvgIpc) is 3.09. The van der Waals surface area contributed by atoms with Crippen LogP contribution in [0.3, 0.4) is 0 Å². The third kappa shape index (κ3) is 2.12. The molecule has 0 saturated carbocycles. The number of nitrogens with zero attached hydrogens (tertiary/aromatic N) is 5. The van der Waals surface area contributed by atoms with Gasteiger partial charge < -0.3 is 0 Å². The monoisotopic (exact) mass is 255 g/mol. The number of hydrazone groups is 1. The standard InChI is InChI=1S/C13H13N5O/c1-10-6-11(8-15-7-10)12-2-3-16-18(12)13(19)17-5-4-14-9-17/h3-9,12H,2H2,1H3. The molecule has 0 aromatic carbocycles. The minimum Gasteiger partial charge on any atom is -0.264 e. The second-order valence-electron chi connectivity index (χ2n) is 4.44. The Labute approximate surface area is 110 Å². The van der Waals surface area contributed by atoms with Gasteiger partial charge in [-0.15, -0.1) is 0 Å². The van der Waals surface area contributed by atoms with Crippen LogP contribution < -0.4 is 0 Å². The van der Waals surface area contributed by atoms with Gasteiger partial charge in [-0.25, -0.2) is 14.8 Å².